The minimum atomic E-state index is 0.429. The first-order valence-corrected chi connectivity index (χ1v) is 8.07. The zero-order valence-electron chi connectivity index (χ0n) is 12.0. The molecule has 2 aromatic carbocycles. The molecule has 2 N–H and O–H groups in total. The van der Waals surface area contributed by atoms with Gasteiger partial charge in [-0.1, -0.05) is 35.9 Å². The lowest BCUT2D eigenvalue weighted by molar-refractivity contribution is 0.965. The number of hydrogen-bond donors (Lipinski definition) is 2. The van der Waals surface area contributed by atoms with Gasteiger partial charge >= 0.3 is 0 Å². The molecule has 0 amide bonds. The molecular weight excluding hydrogens is 378 g/mol. The van der Waals surface area contributed by atoms with E-state index >= 15 is 0 Å². The lowest BCUT2D eigenvalue weighted by atomic mass is 10.2. The van der Waals surface area contributed by atoms with E-state index in [-0.39, 0.29) is 0 Å². The highest BCUT2D eigenvalue weighted by atomic mass is 79.9. The number of halogens is 2. The number of anilines is 3. The minimum Gasteiger partial charge on any atom is -0.365 e. The molecule has 1 aromatic heterocycles. The summed E-state index contributed by atoms with van der Waals surface area (Å²) in [6.07, 6.45) is 1.58. The molecule has 116 valence electrons. The number of rotatable bonds is 5. The van der Waals surface area contributed by atoms with E-state index in [2.05, 4.69) is 41.7 Å². The van der Waals surface area contributed by atoms with Crippen molar-refractivity contribution in [2.24, 2.45) is 0 Å². The number of para-hydroxylation sites is 1. The summed E-state index contributed by atoms with van der Waals surface area (Å²) in [5.41, 5.74) is 1.98. The zero-order chi connectivity index (χ0) is 16.1. The average Bonchev–Trinajstić information content (AvgIpc) is 2.57. The molecule has 3 rings (SSSR count). The molecular formula is C16H13BrClN5. The molecule has 0 fully saturated rings. The third-order valence-electron chi connectivity index (χ3n) is 3.07. The third kappa shape index (κ3) is 4.40. The van der Waals surface area contributed by atoms with Crippen LogP contribution in [0.25, 0.3) is 0 Å². The van der Waals surface area contributed by atoms with Crippen LogP contribution in [-0.4, -0.2) is 15.2 Å². The highest BCUT2D eigenvalue weighted by Gasteiger charge is 2.04. The normalized spacial score (nSPS) is 10.3. The van der Waals surface area contributed by atoms with Crippen LogP contribution in [-0.2, 0) is 6.54 Å². The van der Waals surface area contributed by atoms with Crippen molar-refractivity contribution in [1.29, 1.82) is 0 Å². The van der Waals surface area contributed by atoms with E-state index in [4.69, 9.17) is 11.6 Å². The standard InChI is InChI=1S/C16H13BrClN5/c17-13-3-1-2-4-14(13)21-16-22-15(10-20-23-16)19-9-11-5-7-12(18)8-6-11/h1-8,10H,9H2,(H2,19,21,22,23). The van der Waals surface area contributed by atoms with Crippen LogP contribution in [0.2, 0.25) is 5.02 Å². The van der Waals surface area contributed by atoms with E-state index in [9.17, 15) is 0 Å². The van der Waals surface area contributed by atoms with Crippen molar-refractivity contribution in [3.63, 3.8) is 0 Å². The van der Waals surface area contributed by atoms with Gasteiger partial charge in [-0.2, -0.15) is 10.1 Å². The predicted octanol–water partition coefficient (Wildman–Crippen LogP) is 4.64. The van der Waals surface area contributed by atoms with Gasteiger partial charge in [-0.25, -0.2) is 0 Å². The van der Waals surface area contributed by atoms with Gasteiger partial charge in [-0.15, -0.1) is 5.10 Å². The highest BCUT2D eigenvalue weighted by molar-refractivity contribution is 9.10. The molecule has 0 spiro atoms. The number of hydrogen-bond acceptors (Lipinski definition) is 5. The van der Waals surface area contributed by atoms with Crippen molar-refractivity contribution in [2.75, 3.05) is 10.6 Å². The molecule has 0 bridgehead atoms. The van der Waals surface area contributed by atoms with Crippen LogP contribution in [0, 0.1) is 0 Å². The van der Waals surface area contributed by atoms with E-state index < -0.39 is 0 Å². The Morgan fingerprint density at radius 2 is 1.83 bits per heavy atom. The van der Waals surface area contributed by atoms with Crippen LogP contribution in [0.15, 0.2) is 59.2 Å². The molecule has 0 aliphatic heterocycles. The molecule has 3 aromatic rings. The molecule has 0 radical (unpaired) electrons. The molecule has 5 nitrogen and oxygen atoms in total. The molecule has 0 unspecified atom stereocenters. The van der Waals surface area contributed by atoms with Crippen molar-refractivity contribution in [3.8, 4) is 0 Å². The fourth-order valence-electron chi connectivity index (χ4n) is 1.92. The predicted molar refractivity (Wildman–Crippen MR) is 96.0 cm³/mol. The summed E-state index contributed by atoms with van der Waals surface area (Å²) in [6.45, 7) is 0.629. The SMILES string of the molecule is Clc1ccc(CNc2cnnc(Nc3ccccc3Br)n2)cc1. The van der Waals surface area contributed by atoms with E-state index in [0.29, 0.717) is 18.3 Å². The van der Waals surface area contributed by atoms with Crippen molar-refractivity contribution in [1.82, 2.24) is 15.2 Å². The van der Waals surface area contributed by atoms with Crippen LogP contribution in [0.1, 0.15) is 5.56 Å². The van der Waals surface area contributed by atoms with Crippen LogP contribution < -0.4 is 10.6 Å². The van der Waals surface area contributed by atoms with Gasteiger partial charge in [0.15, 0.2) is 5.82 Å². The van der Waals surface area contributed by atoms with E-state index in [0.717, 1.165) is 20.7 Å². The molecule has 1 heterocycles. The Morgan fingerprint density at radius 1 is 1.04 bits per heavy atom. The van der Waals surface area contributed by atoms with Gasteiger partial charge < -0.3 is 10.6 Å². The number of aromatic nitrogens is 3. The number of benzene rings is 2. The van der Waals surface area contributed by atoms with Gasteiger partial charge in [0.25, 0.3) is 0 Å². The van der Waals surface area contributed by atoms with Crippen LogP contribution >= 0.6 is 27.5 Å². The van der Waals surface area contributed by atoms with Crippen LogP contribution in [0.5, 0.6) is 0 Å². The summed E-state index contributed by atoms with van der Waals surface area (Å²) in [7, 11) is 0. The second-order valence-electron chi connectivity index (χ2n) is 4.75. The third-order valence-corrected chi connectivity index (χ3v) is 4.01. The largest absolute Gasteiger partial charge is 0.365 e. The lowest BCUT2D eigenvalue weighted by Crippen LogP contribution is -2.05. The molecule has 0 aliphatic carbocycles. The first-order chi connectivity index (χ1) is 11.2. The Labute approximate surface area is 147 Å². The second-order valence-corrected chi connectivity index (χ2v) is 6.04. The summed E-state index contributed by atoms with van der Waals surface area (Å²) >= 11 is 9.35. The first kappa shape index (κ1) is 15.7. The van der Waals surface area contributed by atoms with Gasteiger partial charge in [0.2, 0.25) is 5.95 Å². The molecule has 7 heteroatoms. The van der Waals surface area contributed by atoms with Gasteiger partial charge in [0, 0.05) is 16.0 Å². The molecule has 0 saturated heterocycles. The summed E-state index contributed by atoms with van der Waals surface area (Å²) in [4.78, 5) is 4.40. The van der Waals surface area contributed by atoms with Crippen molar-refractivity contribution < 1.29 is 0 Å². The zero-order valence-corrected chi connectivity index (χ0v) is 14.3. The number of nitrogens with zero attached hydrogens (tertiary/aromatic N) is 3. The summed E-state index contributed by atoms with van der Waals surface area (Å²) < 4.78 is 0.933. The van der Waals surface area contributed by atoms with Crippen molar-refractivity contribution >= 4 is 45.0 Å². The van der Waals surface area contributed by atoms with Crippen LogP contribution in [0.4, 0.5) is 17.5 Å². The van der Waals surface area contributed by atoms with Crippen LogP contribution in [0.3, 0.4) is 0 Å². The Morgan fingerprint density at radius 3 is 2.61 bits per heavy atom. The maximum Gasteiger partial charge on any atom is 0.249 e. The first-order valence-electron chi connectivity index (χ1n) is 6.90. The van der Waals surface area contributed by atoms with Gasteiger partial charge in [0.1, 0.15) is 0 Å². The fourth-order valence-corrected chi connectivity index (χ4v) is 2.43. The van der Waals surface area contributed by atoms with E-state index in [1.807, 2.05) is 48.5 Å². The summed E-state index contributed by atoms with van der Waals surface area (Å²) in [6, 6.07) is 15.4. The van der Waals surface area contributed by atoms with Crippen molar-refractivity contribution in [3.05, 3.63) is 69.8 Å². The second kappa shape index (κ2) is 7.39. The lowest BCUT2D eigenvalue weighted by Gasteiger charge is -2.09. The van der Waals surface area contributed by atoms with E-state index in [1.165, 1.54) is 0 Å². The maximum absolute atomic E-state index is 5.88. The smallest absolute Gasteiger partial charge is 0.249 e. The quantitative estimate of drug-likeness (QED) is 0.664. The Balaban J connectivity index is 1.67. The molecule has 0 saturated carbocycles. The Kier molecular flexibility index (Phi) is 5.05. The minimum absolute atomic E-state index is 0.429. The Hall–Kier alpha value is -2.18. The monoisotopic (exact) mass is 389 g/mol. The molecule has 0 atom stereocenters. The Bertz CT molecular complexity index is 794. The fraction of sp³-hybridized carbons (Fsp3) is 0.0625. The van der Waals surface area contributed by atoms with Gasteiger partial charge in [-0.3, -0.25) is 0 Å². The summed E-state index contributed by atoms with van der Waals surface area (Å²) in [5.74, 6) is 1.07. The molecule has 23 heavy (non-hydrogen) atoms. The highest BCUT2D eigenvalue weighted by Crippen LogP contribution is 2.23. The topological polar surface area (TPSA) is 62.7 Å². The van der Waals surface area contributed by atoms with Crippen molar-refractivity contribution in [2.45, 2.75) is 6.54 Å². The van der Waals surface area contributed by atoms with E-state index in [1.54, 1.807) is 6.20 Å². The van der Waals surface area contributed by atoms with Gasteiger partial charge in [0.05, 0.1) is 11.9 Å². The van der Waals surface area contributed by atoms with Gasteiger partial charge in [-0.05, 0) is 45.8 Å². The maximum atomic E-state index is 5.88. The summed E-state index contributed by atoms with van der Waals surface area (Å²) in [5, 5.41) is 15.0. The average molecular weight is 391 g/mol. The number of nitrogens with one attached hydrogen (secondary N) is 2. The molecule has 0 aliphatic rings.